The predicted octanol–water partition coefficient (Wildman–Crippen LogP) is 4.61. The fourth-order valence-corrected chi connectivity index (χ4v) is 5.40. The summed E-state index contributed by atoms with van der Waals surface area (Å²) in [6.07, 6.45) is 3.33. The van der Waals surface area contributed by atoms with Crippen molar-refractivity contribution in [2.24, 2.45) is 5.73 Å². The number of cyclic esters (lactones) is 1. The summed E-state index contributed by atoms with van der Waals surface area (Å²) in [5, 5.41) is 4.71. The van der Waals surface area contributed by atoms with Gasteiger partial charge in [-0.25, -0.2) is 28.2 Å². The number of hydrogen-bond acceptors (Lipinski definition) is 10. The quantitative estimate of drug-likeness (QED) is 0.359. The van der Waals surface area contributed by atoms with Crippen LogP contribution in [0.3, 0.4) is 0 Å². The first-order valence-electron chi connectivity index (χ1n) is 13.1. The van der Waals surface area contributed by atoms with E-state index in [1.165, 1.54) is 0 Å². The van der Waals surface area contributed by atoms with E-state index in [0.717, 1.165) is 10.9 Å². The van der Waals surface area contributed by atoms with E-state index in [-0.39, 0.29) is 29.5 Å². The molecule has 2 atom stereocenters. The van der Waals surface area contributed by atoms with E-state index in [1.54, 1.807) is 31.5 Å². The average Bonchev–Trinajstić information content (AvgIpc) is 2.85. The van der Waals surface area contributed by atoms with Crippen molar-refractivity contribution in [3.05, 3.63) is 47.4 Å². The number of carbonyl (C=O) groups excluding carboxylic acids is 1. The average molecular weight is 556 g/mol. The number of pyridine rings is 3. The Morgan fingerprint density at radius 2 is 1.90 bits per heavy atom. The molecule has 0 radical (unpaired) electrons. The maximum absolute atomic E-state index is 12.5. The number of nitrogens with two attached hydrogens (primary N) is 1. The van der Waals surface area contributed by atoms with Gasteiger partial charge in [0.05, 0.1) is 28.5 Å². The van der Waals surface area contributed by atoms with E-state index in [4.69, 9.17) is 20.2 Å². The molecule has 1 aliphatic heterocycles. The highest BCUT2D eigenvalue weighted by Crippen LogP contribution is 2.38. The molecule has 0 spiro atoms. The fourth-order valence-electron chi connectivity index (χ4n) is 4.42. The minimum absolute atomic E-state index is 0.0458. The van der Waals surface area contributed by atoms with Crippen molar-refractivity contribution in [1.29, 1.82) is 0 Å². The van der Waals surface area contributed by atoms with Crippen molar-refractivity contribution < 1.29 is 22.7 Å². The van der Waals surface area contributed by atoms with Crippen LogP contribution in [-0.4, -0.2) is 52.5 Å². The minimum Gasteiger partial charge on any atom is -0.474 e. The molecule has 0 aromatic carbocycles. The molecule has 11 heteroatoms. The van der Waals surface area contributed by atoms with Crippen LogP contribution in [0.4, 0.5) is 11.6 Å². The zero-order valence-electron chi connectivity index (χ0n) is 23.5. The number of esters is 1. The lowest BCUT2D eigenvalue weighted by molar-refractivity contribution is -0.0189. The third-order valence-corrected chi connectivity index (χ3v) is 8.96. The monoisotopic (exact) mass is 555 g/mol. The van der Waals surface area contributed by atoms with Crippen LogP contribution in [0.25, 0.3) is 10.8 Å². The van der Waals surface area contributed by atoms with Crippen molar-refractivity contribution in [3.63, 3.8) is 0 Å². The van der Waals surface area contributed by atoms with Gasteiger partial charge in [-0.05, 0) is 70.2 Å². The van der Waals surface area contributed by atoms with Gasteiger partial charge in [0.15, 0.2) is 0 Å². The summed E-state index contributed by atoms with van der Waals surface area (Å²) in [6.45, 7) is 13.0. The van der Waals surface area contributed by atoms with E-state index >= 15 is 0 Å². The summed E-state index contributed by atoms with van der Waals surface area (Å²) in [5.74, 6) is 1.10. The molecule has 1 aliphatic rings. The van der Waals surface area contributed by atoms with Crippen molar-refractivity contribution in [2.75, 3.05) is 16.8 Å². The summed E-state index contributed by atoms with van der Waals surface area (Å²) in [6, 6.07) is 5.30. The van der Waals surface area contributed by atoms with E-state index in [1.807, 2.05) is 47.6 Å². The summed E-state index contributed by atoms with van der Waals surface area (Å²) in [4.78, 5) is 26.2. The Bertz CT molecular complexity index is 1510. The fraction of sp³-hybridized carbons (Fsp3) is 0.500. The first-order chi connectivity index (χ1) is 18.1. The van der Waals surface area contributed by atoms with Gasteiger partial charge < -0.3 is 20.5 Å². The number of fused-ring (bicyclic) bond motifs is 2. The Morgan fingerprint density at radius 3 is 2.56 bits per heavy atom. The van der Waals surface area contributed by atoms with Crippen molar-refractivity contribution in [2.45, 2.75) is 78.0 Å². The van der Waals surface area contributed by atoms with Crippen LogP contribution in [0.5, 0.6) is 5.88 Å². The molecule has 210 valence electrons. The number of rotatable bonds is 9. The lowest BCUT2D eigenvalue weighted by Crippen LogP contribution is -2.39. The maximum Gasteiger partial charge on any atom is 0.340 e. The standard InChI is InChI=1S/C28H37N5O5S/c1-8-39(35,36)12-11-16(2)37-25-20-14-30-23(13-19(20)21(15-31-25)27(4,5)29)32-22-10-9-18-24(33-22)17(3)28(6,7)38-26(18)34/h9-10,13-17H,8,11-12,29H2,1-7H3,(H,30,32,33)/t16-,17-/m1/s1. The number of nitrogens with zero attached hydrogens (tertiary/aromatic N) is 3. The molecule has 4 heterocycles. The molecular formula is C28H37N5O5S. The van der Waals surface area contributed by atoms with Gasteiger partial charge in [0, 0.05) is 29.6 Å². The zero-order valence-corrected chi connectivity index (χ0v) is 24.3. The lowest BCUT2D eigenvalue weighted by Gasteiger charge is -2.36. The van der Waals surface area contributed by atoms with Gasteiger partial charge in [-0.2, -0.15) is 0 Å². The highest BCUT2D eigenvalue weighted by molar-refractivity contribution is 7.91. The molecule has 4 rings (SSSR count). The van der Waals surface area contributed by atoms with Crippen LogP contribution in [0, 0.1) is 0 Å². The molecule has 3 N–H and O–H groups in total. The van der Waals surface area contributed by atoms with Crippen LogP contribution in [0.1, 0.15) is 82.4 Å². The van der Waals surface area contributed by atoms with E-state index in [9.17, 15) is 13.2 Å². The molecule has 0 aliphatic carbocycles. The second kappa shape index (κ2) is 10.3. The summed E-state index contributed by atoms with van der Waals surface area (Å²) >= 11 is 0. The van der Waals surface area contributed by atoms with Gasteiger partial charge in [0.1, 0.15) is 27.1 Å². The van der Waals surface area contributed by atoms with Crippen LogP contribution < -0.4 is 15.8 Å². The number of sulfone groups is 1. The molecule has 0 saturated carbocycles. The Kier molecular flexibility index (Phi) is 7.61. The number of ether oxygens (including phenoxy) is 2. The lowest BCUT2D eigenvalue weighted by atomic mass is 9.84. The first-order valence-corrected chi connectivity index (χ1v) is 14.9. The topological polar surface area (TPSA) is 146 Å². The number of hydrogen-bond donors (Lipinski definition) is 2. The van der Waals surface area contributed by atoms with Crippen molar-refractivity contribution in [1.82, 2.24) is 15.0 Å². The second-order valence-electron chi connectivity index (χ2n) is 11.2. The Morgan fingerprint density at radius 1 is 1.18 bits per heavy atom. The molecule has 3 aromatic heterocycles. The summed E-state index contributed by atoms with van der Waals surface area (Å²) in [5.41, 5.74) is 7.03. The molecule has 39 heavy (non-hydrogen) atoms. The Hall–Kier alpha value is -3.31. The number of carbonyl (C=O) groups is 1. The third-order valence-electron chi connectivity index (χ3n) is 7.23. The molecule has 10 nitrogen and oxygen atoms in total. The number of aromatic nitrogens is 3. The third kappa shape index (κ3) is 6.14. The van der Waals surface area contributed by atoms with Crippen LogP contribution in [0.15, 0.2) is 30.6 Å². The molecule has 0 unspecified atom stereocenters. The zero-order chi connectivity index (χ0) is 28.8. The molecule has 0 saturated heterocycles. The molecule has 3 aromatic rings. The van der Waals surface area contributed by atoms with Gasteiger partial charge >= 0.3 is 5.97 Å². The van der Waals surface area contributed by atoms with Gasteiger partial charge in [0.2, 0.25) is 5.88 Å². The van der Waals surface area contributed by atoms with Gasteiger partial charge in [-0.15, -0.1) is 0 Å². The SMILES string of the molecule is CCS(=O)(=O)CC[C@@H](C)Oc1ncc(C(C)(C)N)c2cc(Nc3ccc4c(n3)[C@@H](C)C(C)(C)OC4=O)ncc12. The van der Waals surface area contributed by atoms with Crippen molar-refractivity contribution >= 4 is 38.2 Å². The normalized spacial score (nSPS) is 17.8. The van der Waals surface area contributed by atoms with Crippen LogP contribution >= 0.6 is 0 Å². The molecular weight excluding hydrogens is 518 g/mol. The predicted molar refractivity (Wildman–Crippen MR) is 151 cm³/mol. The van der Waals surface area contributed by atoms with E-state index < -0.39 is 21.0 Å². The first kappa shape index (κ1) is 28.7. The second-order valence-corrected chi connectivity index (χ2v) is 13.7. The highest BCUT2D eigenvalue weighted by atomic mass is 32.2. The van der Waals surface area contributed by atoms with Gasteiger partial charge in [-0.1, -0.05) is 13.8 Å². The molecule has 0 fully saturated rings. The van der Waals surface area contributed by atoms with E-state index in [2.05, 4.69) is 15.3 Å². The Balaban J connectivity index is 1.67. The van der Waals surface area contributed by atoms with Gasteiger partial charge in [0.25, 0.3) is 0 Å². The highest BCUT2D eigenvalue weighted by Gasteiger charge is 2.40. The summed E-state index contributed by atoms with van der Waals surface area (Å²) in [7, 11) is -3.10. The largest absolute Gasteiger partial charge is 0.474 e. The van der Waals surface area contributed by atoms with E-state index in [0.29, 0.717) is 40.6 Å². The number of anilines is 2. The Labute approximate surface area is 229 Å². The van der Waals surface area contributed by atoms with Crippen LogP contribution in [-0.2, 0) is 20.1 Å². The maximum atomic E-state index is 12.5. The summed E-state index contributed by atoms with van der Waals surface area (Å²) < 4.78 is 35.5. The van der Waals surface area contributed by atoms with Gasteiger partial charge in [-0.3, -0.25) is 0 Å². The molecule has 0 amide bonds. The number of nitrogens with one attached hydrogen (secondary N) is 1. The smallest absolute Gasteiger partial charge is 0.340 e. The van der Waals surface area contributed by atoms with Crippen LogP contribution in [0.2, 0.25) is 0 Å². The minimum atomic E-state index is -3.10. The molecule has 0 bridgehead atoms. The van der Waals surface area contributed by atoms with Crippen molar-refractivity contribution in [3.8, 4) is 5.88 Å².